The summed E-state index contributed by atoms with van der Waals surface area (Å²) in [5.41, 5.74) is 2.26. The van der Waals surface area contributed by atoms with Crippen molar-refractivity contribution in [2.24, 2.45) is 0 Å². The minimum Gasteiger partial charge on any atom is -0.456 e. The van der Waals surface area contributed by atoms with Crippen molar-refractivity contribution in [1.29, 1.82) is 0 Å². The Hall–Kier alpha value is -3.24. The molecule has 0 N–H and O–H groups in total. The van der Waals surface area contributed by atoms with Gasteiger partial charge in [-0.2, -0.15) is 4.31 Å². The van der Waals surface area contributed by atoms with Gasteiger partial charge in [0.1, 0.15) is 17.1 Å². The van der Waals surface area contributed by atoms with Crippen LogP contribution in [0.5, 0.6) is 0 Å². The Morgan fingerprint density at radius 3 is 2.61 bits per heavy atom. The summed E-state index contributed by atoms with van der Waals surface area (Å²) in [6.07, 6.45) is 2.03. The van der Waals surface area contributed by atoms with E-state index in [0.29, 0.717) is 23.6 Å². The van der Waals surface area contributed by atoms with Crippen molar-refractivity contribution in [3.8, 4) is 0 Å². The van der Waals surface area contributed by atoms with Crippen molar-refractivity contribution in [3.63, 3.8) is 0 Å². The molecule has 0 bridgehead atoms. The number of sulfonamides is 1. The smallest absolute Gasteiger partial charge is 0.338 e. The maximum Gasteiger partial charge on any atom is 0.338 e. The Kier molecular flexibility index (Phi) is 6.57. The van der Waals surface area contributed by atoms with Crippen LogP contribution in [0, 0.1) is 0 Å². The number of pyridine rings is 1. The number of nitrogens with zero attached hydrogens (tertiary/aromatic N) is 3. The third kappa shape index (κ3) is 4.75. The van der Waals surface area contributed by atoms with Gasteiger partial charge in [-0.1, -0.05) is 47.5 Å². The van der Waals surface area contributed by atoms with Gasteiger partial charge in [0.05, 0.1) is 21.3 Å². The highest BCUT2D eigenvalue weighted by atomic mass is 35.5. The van der Waals surface area contributed by atoms with Gasteiger partial charge < -0.3 is 4.74 Å². The molecule has 36 heavy (non-hydrogen) atoms. The Morgan fingerprint density at radius 2 is 1.81 bits per heavy atom. The molecule has 3 heterocycles. The van der Waals surface area contributed by atoms with Crippen molar-refractivity contribution in [1.82, 2.24) is 13.7 Å². The lowest BCUT2D eigenvalue weighted by Crippen LogP contribution is -2.36. The highest BCUT2D eigenvalue weighted by molar-refractivity contribution is 7.89. The maximum absolute atomic E-state index is 13.4. The van der Waals surface area contributed by atoms with E-state index in [1.54, 1.807) is 12.1 Å². The second-order valence-electron chi connectivity index (χ2n) is 8.24. The summed E-state index contributed by atoms with van der Waals surface area (Å²) in [4.78, 5) is 29.2. The molecule has 11 heteroatoms. The monoisotopic (exact) mass is 543 g/mol. The van der Waals surface area contributed by atoms with Crippen LogP contribution in [0.4, 0.5) is 0 Å². The van der Waals surface area contributed by atoms with E-state index in [0.717, 1.165) is 11.1 Å². The van der Waals surface area contributed by atoms with Crippen molar-refractivity contribution >= 4 is 44.8 Å². The molecule has 0 fully saturated rings. The van der Waals surface area contributed by atoms with Crippen LogP contribution in [-0.2, 0) is 34.3 Å². The fraction of sp³-hybridized carbons (Fsp3) is 0.160. The lowest BCUT2D eigenvalue weighted by molar-refractivity contribution is 0.0467. The molecule has 184 valence electrons. The minimum atomic E-state index is -3.97. The zero-order valence-electron chi connectivity index (χ0n) is 18.7. The van der Waals surface area contributed by atoms with Crippen LogP contribution in [0.3, 0.4) is 0 Å². The molecule has 1 aliphatic rings. The van der Waals surface area contributed by atoms with E-state index in [9.17, 15) is 18.0 Å². The molecule has 2 aromatic carbocycles. The first-order valence-corrected chi connectivity index (χ1v) is 13.1. The average Bonchev–Trinajstić information content (AvgIpc) is 2.87. The normalized spacial score (nSPS) is 13.9. The molecule has 0 radical (unpaired) electrons. The number of rotatable bonds is 5. The summed E-state index contributed by atoms with van der Waals surface area (Å²) < 4.78 is 34.7. The van der Waals surface area contributed by atoms with Gasteiger partial charge in [0.15, 0.2) is 0 Å². The third-order valence-electron chi connectivity index (χ3n) is 5.91. The van der Waals surface area contributed by atoms with Crippen LogP contribution in [0.15, 0.2) is 76.6 Å². The number of carbonyl (C=O) groups excluding carboxylic acids is 1. The van der Waals surface area contributed by atoms with Gasteiger partial charge >= 0.3 is 5.97 Å². The number of carbonyl (C=O) groups is 1. The largest absolute Gasteiger partial charge is 0.456 e. The first kappa shape index (κ1) is 24.5. The van der Waals surface area contributed by atoms with E-state index in [2.05, 4.69) is 4.98 Å². The molecule has 0 amide bonds. The molecule has 1 aliphatic heterocycles. The molecule has 0 atom stereocenters. The van der Waals surface area contributed by atoms with Gasteiger partial charge in [0, 0.05) is 25.4 Å². The Morgan fingerprint density at radius 1 is 1.03 bits per heavy atom. The predicted octanol–water partition coefficient (Wildman–Crippen LogP) is 4.11. The minimum absolute atomic E-state index is 0.00767. The molecular formula is C25H19Cl2N3O5S. The molecule has 8 nitrogen and oxygen atoms in total. The summed E-state index contributed by atoms with van der Waals surface area (Å²) in [6.45, 7) is 0.247. The number of hydrogen-bond donors (Lipinski definition) is 0. The quantitative estimate of drug-likeness (QED) is 0.351. The van der Waals surface area contributed by atoms with Gasteiger partial charge in [-0.05, 0) is 47.9 Å². The molecule has 4 aromatic rings. The SMILES string of the molecule is O=C(OCc1cc(=O)n2cc(Cl)ccc2n1)c1ccc(Cl)c(S(=O)(=O)N2CCc3ccccc3C2)c1. The second-order valence-corrected chi connectivity index (χ2v) is 11.0. The second kappa shape index (κ2) is 9.67. The fourth-order valence-electron chi connectivity index (χ4n) is 4.06. The first-order valence-electron chi connectivity index (χ1n) is 10.9. The molecule has 5 rings (SSSR count). The third-order valence-corrected chi connectivity index (χ3v) is 8.46. The van der Waals surface area contributed by atoms with E-state index < -0.39 is 16.0 Å². The van der Waals surface area contributed by atoms with Crippen molar-refractivity contribution in [2.45, 2.75) is 24.5 Å². The molecule has 0 spiro atoms. The Labute approximate surface area is 216 Å². The van der Waals surface area contributed by atoms with Crippen molar-refractivity contribution in [2.75, 3.05) is 6.54 Å². The zero-order chi connectivity index (χ0) is 25.4. The number of ether oxygens (including phenoxy) is 1. The summed E-state index contributed by atoms with van der Waals surface area (Å²) in [5, 5.41) is 0.390. The summed E-state index contributed by atoms with van der Waals surface area (Å²) in [5.74, 6) is -0.773. The summed E-state index contributed by atoms with van der Waals surface area (Å²) in [6, 6.07) is 16.0. The molecule has 2 aromatic heterocycles. The van der Waals surface area contributed by atoms with Crippen LogP contribution in [-0.4, -0.2) is 34.6 Å². The Bertz CT molecular complexity index is 1670. The zero-order valence-corrected chi connectivity index (χ0v) is 21.1. The van der Waals surface area contributed by atoms with Gasteiger partial charge in [0.25, 0.3) is 5.56 Å². The standard InChI is InChI=1S/C25H19Cl2N3O5S/c26-19-6-8-23-28-20(12-24(31)30(23)14-19)15-35-25(32)17-5-7-21(27)22(11-17)36(33,34)29-10-9-16-3-1-2-4-18(16)13-29/h1-8,11-12,14H,9-10,13,15H2. The molecule has 0 saturated heterocycles. The number of aromatic nitrogens is 2. The van der Waals surface area contributed by atoms with Gasteiger partial charge in [-0.25, -0.2) is 18.2 Å². The van der Waals surface area contributed by atoms with Crippen molar-refractivity contribution in [3.05, 3.63) is 110 Å². The fourth-order valence-corrected chi connectivity index (χ4v) is 6.14. The van der Waals surface area contributed by atoms with E-state index in [-0.39, 0.29) is 39.9 Å². The topological polar surface area (TPSA) is 98.0 Å². The van der Waals surface area contributed by atoms with E-state index in [1.807, 2.05) is 24.3 Å². The van der Waals surface area contributed by atoms with Gasteiger partial charge in [-0.15, -0.1) is 0 Å². The van der Waals surface area contributed by atoms with Crippen LogP contribution >= 0.6 is 23.2 Å². The maximum atomic E-state index is 13.4. The number of fused-ring (bicyclic) bond motifs is 2. The van der Waals surface area contributed by atoms with Gasteiger partial charge in [0.2, 0.25) is 10.0 Å². The lowest BCUT2D eigenvalue weighted by Gasteiger charge is -2.28. The molecule has 0 unspecified atom stereocenters. The van der Waals surface area contributed by atoms with Crippen LogP contribution < -0.4 is 5.56 Å². The molecule has 0 aliphatic carbocycles. The molecule has 0 saturated carbocycles. The number of halogens is 2. The highest BCUT2D eigenvalue weighted by Gasteiger charge is 2.30. The number of benzene rings is 2. The first-order chi connectivity index (χ1) is 17.2. The number of esters is 1. The summed E-state index contributed by atoms with van der Waals surface area (Å²) >= 11 is 12.2. The van der Waals surface area contributed by atoms with Gasteiger partial charge in [-0.3, -0.25) is 9.20 Å². The predicted molar refractivity (Wildman–Crippen MR) is 135 cm³/mol. The Balaban J connectivity index is 1.36. The van der Waals surface area contributed by atoms with Crippen LogP contribution in [0.25, 0.3) is 5.65 Å². The highest BCUT2D eigenvalue weighted by Crippen LogP contribution is 2.30. The lowest BCUT2D eigenvalue weighted by atomic mass is 10.0. The average molecular weight is 544 g/mol. The van der Waals surface area contributed by atoms with E-state index in [1.165, 1.54) is 39.2 Å². The number of hydrogen-bond acceptors (Lipinski definition) is 6. The van der Waals surface area contributed by atoms with E-state index in [4.69, 9.17) is 27.9 Å². The molecular weight excluding hydrogens is 525 g/mol. The summed E-state index contributed by atoms with van der Waals surface area (Å²) in [7, 11) is -3.97. The van der Waals surface area contributed by atoms with E-state index >= 15 is 0 Å². The van der Waals surface area contributed by atoms with Crippen LogP contribution in [0.2, 0.25) is 10.0 Å². The van der Waals surface area contributed by atoms with Crippen molar-refractivity contribution < 1.29 is 17.9 Å². The van der Waals surface area contributed by atoms with Crippen LogP contribution in [0.1, 0.15) is 27.2 Å².